The Morgan fingerprint density at radius 3 is 2.64 bits per heavy atom. The summed E-state index contributed by atoms with van der Waals surface area (Å²) in [5.41, 5.74) is 6.11. The minimum Gasteiger partial charge on any atom is -0.370 e. The molecule has 2 heteroatoms. The molecule has 2 nitrogen and oxygen atoms in total. The van der Waals surface area contributed by atoms with Gasteiger partial charge in [0.15, 0.2) is 0 Å². The van der Waals surface area contributed by atoms with Gasteiger partial charge in [0, 0.05) is 37.9 Å². The second-order valence-electron chi connectivity index (χ2n) is 7.47. The van der Waals surface area contributed by atoms with Gasteiger partial charge in [-0.15, -0.1) is 0 Å². The summed E-state index contributed by atoms with van der Waals surface area (Å²) < 4.78 is 0. The second kappa shape index (κ2) is 7.61. The van der Waals surface area contributed by atoms with E-state index in [2.05, 4.69) is 65.3 Å². The van der Waals surface area contributed by atoms with Crippen LogP contribution in [-0.2, 0) is 12.8 Å². The van der Waals surface area contributed by atoms with Crippen LogP contribution in [0.15, 0.2) is 48.5 Å². The van der Waals surface area contributed by atoms with Crippen molar-refractivity contribution in [3.63, 3.8) is 0 Å². The summed E-state index contributed by atoms with van der Waals surface area (Å²) in [5, 5.41) is 0. The van der Waals surface area contributed by atoms with Crippen molar-refractivity contribution in [2.24, 2.45) is 0 Å². The van der Waals surface area contributed by atoms with Gasteiger partial charge in [0.05, 0.1) is 0 Å². The molecule has 25 heavy (non-hydrogen) atoms. The third kappa shape index (κ3) is 3.46. The van der Waals surface area contributed by atoms with E-state index >= 15 is 0 Å². The summed E-state index contributed by atoms with van der Waals surface area (Å²) in [4.78, 5) is 5.38. The SMILES string of the molecule is CCc1ccccc1N1CCCN([C@H]2CCCc3ccccc32)CC1. The molecule has 0 amide bonds. The van der Waals surface area contributed by atoms with Gasteiger partial charge < -0.3 is 4.90 Å². The van der Waals surface area contributed by atoms with Crippen LogP contribution in [0.5, 0.6) is 0 Å². The average Bonchev–Trinajstić information content (AvgIpc) is 2.93. The molecule has 1 atom stereocenters. The van der Waals surface area contributed by atoms with Gasteiger partial charge in [0.1, 0.15) is 0 Å². The van der Waals surface area contributed by atoms with E-state index in [4.69, 9.17) is 0 Å². The molecule has 0 unspecified atom stereocenters. The van der Waals surface area contributed by atoms with Crippen molar-refractivity contribution >= 4 is 5.69 Å². The minimum atomic E-state index is 0.631. The van der Waals surface area contributed by atoms with Gasteiger partial charge in [-0.1, -0.05) is 49.4 Å². The number of rotatable bonds is 3. The van der Waals surface area contributed by atoms with Crippen LogP contribution in [0.4, 0.5) is 5.69 Å². The zero-order valence-corrected chi connectivity index (χ0v) is 15.5. The molecule has 0 aromatic heterocycles. The summed E-state index contributed by atoms with van der Waals surface area (Å²) in [6.07, 6.45) is 6.29. The first-order valence-electron chi connectivity index (χ1n) is 10.0. The first-order valence-corrected chi connectivity index (χ1v) is 10.0. The Labute approximate surface area is 152 Å². The number of hydrogen-bond donors (Lipinski definition) is 0. The van der Waals surface area contributed by atoms with Crippen LogP contribution in [0.3, 0.4) is 0 Å². The molecule has 1 saturated heterocycles. The Morgan fingerprint density at radius 2 is 1.72 bits per heavy atom. The van der Waals surface area contributed by atoms with E-state index in [-0.39, 0.29) is 0 Å². The van der Waals surface area contributed by atoms with E-state index < -0.39 is 0 Å². The third-order valence-electron chi connectivity index (χ3n) is 6.02. The Balaban J connectivity index is 1.51. The fourth-order valence-corrected chi connectivity index (χ4v) is 4.72. The molecule has 0 bridgehead atoms. The topological polar surface area (TPSA) is 6.48 Å². The van der Waals surface area contributed by atoms with E-state index in [9.17, 15) is 0 Å². The largest absolute Gasteiger partial charge is 0.370 e. The second-order valence-corrected chi connectivity index (χ2v) is 7.47. The maximum atomic E-state index is 2.76. The zero-order chi connectivity index (χ0) is 17.1. The first-order chi connectivity index (χ1) is 12.4. The molecule has 0 spiro atoms. The highest BCUT2D eigenvalue weighted by Gasteiger charge is 2.27. The maximum absolute atomic E-state index is 2.76. The molecule has 1 aliphatic carbocycles. The Bertz CT molecular complexity index is 709. The molecule has 1 heterocycles. The van der Waals surface area contributed by atoms with Crippen molar-refractivity contribution < 1.29 is 0 Å². The van der Waals surface area contributed by atoms with Gasteiger partial charge in [-0.05, 0) is 54.9 Å². The van der Waals surface area contributed by atoms with Crippen LogP contribution in [0.25, 0.3) is 0 Å². The van der Waals surface area contributed by atoms with Crippen LogP contribution < -0.4 is 4.90 Å². The lowest BCUT2D eigenvalue weighted by atomic mass is 9.87. The van der Waals surface area contributed by atoms with Gasteiger partial charge in [-0.3, -0.25) is 4.90 Å². The van der Waals surface area contributed by atoms with Crippen LogP contribution in [0, 0.1) is 0 Å². The number of aryl methyl sites for hydroxylation is 2. The summed E-state index contributed by atoms with van der Waals surface area (Å²) in [6.45, 7) is 7.00. The van der Waals surface area contributed by atoms with E-state index in [1.165, 1.54) is 56.6 Å². The fourth-order valence-electron chi connectivity index (χ4n) is 4.72. The Kier molecular flexibility index (Phi) is 5.07. The smallest absolute Gasteiger partial charge is 0.0399 e. The van der Waals surface area contributed by atoms with Crippen LogP contribution in [0.1, 0.15) is 48.9 Å². The Morgan fingerprint density at radius 1 is 0.880 bits per heavy atom. The standard InChI is InChI=1S/C23H30N2/c1-2-19-9-4-6-13-22(19)24-15-8-16-25(18-17-24)23-14-7-11-20-10-3-5-12-21(20)23/h3-6,9-10,12-13,23H,2,7-8,11,14-18H2,1H3/t23-/m0/s1. The number of para-hydroxylation sites is 1. The predicted molar refractivity (Wildman–Crippen MR) is 106 cm³/mol. The fraction of sp³-hybridized carbons (Fsp3) is 0.478. The minimum absolute atomic E-state index is 0.631. The molecule has 4 rings (SSSR count). The molecular formula is C23H30N2. The molecule has 0 radical (unpaired) electrons. The third-order valence-corrected chi connectivity index (χ3v) is 6.02. The molecule has 1 fully saturated rings. The van der Waals surface area contributed by atoms with E-state index in [1.807, 2.05) is 0 Å². The quantitative estimate of drug-likeness (QED) is 0.792. The van der Waals surface area contributed by atoms with Crippen LogP contribution in [-0.4, -0.2) is 31.1 Å². The number of benzene rings is 2. The monoisotopic (exact) mass is 334 g/mol. The van der Waals surface area contributed by atoms with Crippen LogP contribution >= 0.6 is 0 Å². The van der Waals surface area contributed by atoms with E-state index in [0.29, 0.717) is 6.04 Å². The molecule has 2 aliphatic rings. The summed E-state index contributed by atoms with van der Waals surface area (Å²) in [5.74, 6) is 0. The molecular weight excluding hydrogens is 304 g/mol. The molecule has 0 saturated carbocycles. The number of nitrogens with zero attached hydrogens (tertiary/aromatic N) is 2. The van der Waals surface area contributed by atoms with Crippen molar-refractivity contribution in [1.29, 1.82) is 0 Å². The number of hydrogen-bond acceptors (Lipinski definition) is 2. The first kappa shape index (κ1) is 16.7. The molecule has 132 valence electrons. The lowest BCUT2D eigenvalue weighted by Crippen LogP contribution is -2.35. The summed E-state index contributed by atoms with van der Waals surface area (Å²) >= 11 is 0. The number of fused-ring (bicyclic) bond motifs is 1. The van der Waals surface area contributed by atoms with Crippen molar-refractivity contribution in [2.75, 3.05) is 31.1 Å². The highest BCUT2D eigenvalue weighted by molar-refractivity contribution is 5.53. The van der Waals surface area contributed by atoms with Crippen molar-refractivity contribution in [3.8, 4) is 0 Å². The maximum Gasteiger partial charge on any atom is 0.0399 e. The van der Waals surface area contributed by atoms with E-state index in [1.54, 1.807) is 11.1 Å². The Hall–Kier alpha value is -1.80. The van der Waals surface area contributed by atoms with Crippen molar-refractivity contribution in [2.45, 2.75) is 45.1 Å². The molecule has 2 aromatic carbocycles. The summed E-state index contributed by atoms with van der Waals surface area (Å²) in [7, 11) is 0. The molecule has 0 N–H and O–H groups in total. The van der Waals surface area contributed by atoms with Crippen molar-refractivity contribution in [3.05, 3.63) is 65.2 Å². The van der Waals surface area contributed by atoms with Crippen molar-refractivity contribution in [1.82, 2.24) is 4.90 Å². The lowest BCUT2D eigenvalue weighted by Gasteiger charge is -2.35. The van der Waals surface area contributed by atoms with E-state index in [0.717, 1.165) is 13.0 Å². The van der Waals surface area contributed by atoms with Gasteiger partial charge in [-0.25, -0.2) is 0 Å². The normalized spacial score (nSPS) is 21.6. The van der Waals surface area contributed by atoms with Gasteiger partial charge in [0.2, 0.25) is 0 Å². The highest BCUT2D eigenvalue weighted by Crippen LogP contribution is 2.35. The summed E-state index contributed by atoms with van der Waals surface area (Å²) in [6, 6.07) is 18.7. The van der Waals surface area contributed by atoms with Gasteiger partial charge >= 0.3 is 0 Å². The van der Waals surface area contributed by atoms with Gasteiger partial charge in [-0.2, -0.15) is 0 Å². The zero-order valence-electron chi connectivity index (χ0n) is 15.5. The van der Waals surface area contributed by atoms with Crippen LogP contribution in [0.2, 0.25) is 0 Å². The predicted octanol–water partition coefficient (Wildman–Crippen LogP) is 4.84. The molecule has 1 aliphatic heterocycles. The highest BCUT2D eigenvalue weighted by atomic mass is 15.2. The average molecular weight is 335 g/mol. The van der Waals surface area contributed by atoms with Gasteiger partial charge in [0.25, 0.3) is 0 Å². The lowest BCUT2D eigenvalue weighted by molar-refractivity contribution is 0.191. The molecule has 2 aromatic rings. The number of anilines is 1.